The minimum Gasteiger partial charge on any atom is -0.326 e. The number of fused-ring (bicyclic) bond motifs is 1. The van der Waals surface area contributed by atoms with Crippen LogP contribution in [0, 0.1) is 0 Å². The van der Waals surface area contributed by atoms with Crippen LogP contribution in [0.5, 0.6) is 0 Å². The molecule has 30 heavy (non-hydrogen) atoms. The lowest BCUT2D eigenvalue weighted by molar-refractivity contribution is -0.118. The van der Waals surface area contributed by atoms with Crippen LogP contribution in [0.1, 0.15) is 44.7 Å². The topological polar surface area (TPSA) is 83.6 Å². The van der Waals surface area contributed by atoms with Gasteiger partial charge in [-0.15, -0.1) is 0 Å². The molecule has 3 rings (SSSR count). The highest BCUT2D eigenvalue weighted by Crippen LogP contribution is 2.34. The molecule has 1 N–H and O–H groups in total. The molecular weight excluding hydrogens is 400 g/mol. The molecule has 0 fully saturated rings. The molecule has 1 heterocycles. The quantitative estimate of drug-likeness (QED) is 0.728. The highest BCUT2D eigenvalue weighted by molar-refractivity contribution is 7.91. The summed E-state index contributed by atoms with van der Waals surface area (Å²) >= 11 is 0. The van der Waals surface area contributed by atoms with Crippen molar-refractivity contribution in [2.75, 3.05) is 16.0 Å². The molecule has 7 heteroatoms. The van der Waals surface area contributed by atoms with E-state index >= 15 is 0 Å². The zero-order valence-corrected chi connectivity index (χ0v) is 18.5. The molecule has 0 bridgehead atoms. The number of amides is 2. The SMILES string of the molecule is CCC(=O)N1c2ccc(S(=O)(=O)CCC(=O)Nc3cccc(CC)c3)cc2CC1C. The molecule has 1 unspecified atom stereocenters. The van der Waals surface area contributed by atoms with Crippen LogP contribution in [0.4, 0.5) is 11.4 Å². The summed E-state index contributed by atoms with van der Waals surface area (Å²) in [5, 5.41) is 2.77. The molecule has 0 aromatic heterocycles. The Kier molecular flexibility index (Phi) is 6.61. The van der Waals surface area contributed by atoms with Gasteiger partial charge in [-0.05, 0) is 61.2 Å². The van der Waals surface area contributed by atoms with Crippen molar-refractivity contribution in [2.24, 2.45) is 0 Å². The highest BCUT2D eigenvalue weighted by Gasteiger charge is 2.31. The van der Waals surface area contributed by atoms with Gasteiger partial charge in [0, 0.05) is 30.3 Å². The maximum Gasteiger partial charge on any atom is 0.226 e. The number of anilines is 2. The molecule has 6 nitrogen and oxygen atoms in total. The lowest BCUT2D eigenvalue weighted by Crippen LogP contribution is -2.35. The van der Waals surface area contributed by atoms with Gasteiger partial charge in [-0.1, -0.05) is 26.0 Å². The average molecular weight is 429 g/mol. The number of hydrogen-bond acceptors (Lipinski definition) is 4. The van der Waals surface area contributed by atoms with Crippen LogP contribution in [0.15, 0.2) is 47.4 Å². The van der Waals surface area contributed by atoms with Crippen molar-refractivity contribution in [3.8, 4) is 0 Å². The molecule has 0 saturated carbocycles. The lowest BCUT2D eigenvalue weighted by Gasteiger charge is -2.22. The lowest BCUT2D eigenvalue weighted by atomic mass is 10.1. The number of aryl methyl sites for hydroxylation is 1. The van der Waals surface area contributed by atoms with E-state index < -0.39 is 9.84 Å². The van der Waals surface area contributed by atoms with Gasteiger partial charge in [0.15, 0.2) is 9.84 Å². The van der Waals surface area contributed by atoms with Gasteiger partial charge in [-0.2, -0.15) is 0 Å². The number of rotatable bonds is 7. The summed E-state index contributed by atoms with van der Waals surface area (Å²) in [6, 6.07) is 12.4. The fourth-order valence-electron chi connectivity index (χ4n) is 3.79. The third kappa shape index (κ3) is 4.73. The van der Waals surface area contributed by atoms with Gasteiger partial charge in [-0.3, -0.25) is 9.59 Å². The maximum absolute atomic E-state index is 12.8. The molecule has 2 aromatic carbocycles. The summed E-state index contributed by atoms with van der Waals surface area (Å²) in [5.41, 5.74) is 3.40. The van der Waals surface area contributed by atoms with Crippen LogP contribution in [0.3, 0.4) is 0 Å². The van der Waals surface area contributed by atoms with Crippen LogP contribution < -0.4 is 10.2 Å². The van der Waals surface area contributed by atoms with E-state index in [1.807, 2.05) is 39.0 Å². The van der Waals surface area contributed by atoms with Crippen molar-refractivity contribution in [1.82, 2.24) is 0 Å². The number of nitrogens with one attached hydrogen (secondary N) is 1. The fraction of sp³-hybridized carbons (Fsp3) is 0.391. The number of sulfone groups is 1. The highest BCUT2D eigenvalue weighted by atomic mass is 32.2. The van der Waals surface area contributed by atoms with Gasteiger partial charge in [0.1, 0.15) is 0 Å². The second-order valence-corrected chi connectivity index (χ2v) is 9.74. The van der Waals surface area contributed by atoms with Crippen molar-refractivity contribution in [3.63, 3.8) is 0 Å². The van der Waals surface area contributed by atoms with Crippen molar-refractivity contribution in [2.45, 2.75) is 57.4 Å². The van der Waals surface area contributed by atoms with Crippen molar-refractivity contribution in [1.29, 1.82) is 0 Å². The first kappa shape index (κ1) is 22.0. The van der Waals surface area contributed by atoms with E-state index in [0.29, 0.717) is 18.5 Å². The smallest absolute Gasteiger partial charge is 0.226 e. The first-order valence-corrected chi connectivity index (χ1v) is 12.0. The average Bonchev–Trinajstić information content (AvgIpc) is 3.06. The molecule has 2 amide bonds. The van der Waals surface area contributed by atoms with E-state index in [1.54, 1.807) is 23.1 Å². The predicted octanol–water partition coefficient (Wildman–Crippen LogP) is 3.74. The van der Waals surface area contributed by atoms with Crippen LogP contribution in [0.2, 0.25) is 0 Å². The van der Waals surface area contributed by atoms with E-state index in [1.165, 1.54) is 6.07 Å². The minimum atomic E-state index is -3.61. The molecule has 1 aliphatic rings. The van der Waals surface area contributed by atoms with Crippen LogP contribution in [-0.4, -0.2) is 32.0 Å². The Labute approximate surface area is 178 Å². The number of carbonyl (C=O) groups excluding carboxylic acids is 2. The van der Waals surface area contributed by atoms with Gasteiger partial charge >= 0.3 is 0 Å². The van der Waals surface area contributed by atoms with E-state index in [4.69, 9.17) is 0 Å². The zero-order valence-electron chi connectivity index (χ0n) is 17.6. The minimum absolute atomic E-state index is 0.00932. The summed E-state index contributed by atoms with van der Waals surface area (Å²) in [4.78, 5) is 26.4. The van der Waals surface area contributed by atoms with Crippen molar-refractivity contribution in [3.05, 3.63) is 53.6 Å². The summed E-state index contributed by atoms with van der Waals surface area (Å²) in [6.45, 7) is 5.80. The molecule has 160 valence electrons. The maximum atomic E-state index is 12.8. The Bertz CT molecular complexity index is 1060. The Balaban J connectivity index is 1.68. The van der Waals surface area contributed by atoms with Gasteiger partial charge in [0.25, 0.3) is 0 Å². The number of carbonyl (C=O) groups is 2. The van der Waals surface area contributed by atoms with Crippen molar-refractivity contribution >= 4 is 33.0 Å². The molecule has 1 aliphatic heterocycles. The van der Waals surface area contributed by atoms with E-state index in [-0.39, 0.29) is 34.9 Å². The largest absolute Gasteiger partial charge is 0.326 e. The Hall–Kier alpha value is -2.67. The molecular formula is C23H28N2O4S. The summed E-state index contributed by atoms with van der Waals surface area (Å²) in [6.07, 6.45) is 1.77. The number of hydrogen-bond donors (Lipinski definition) is 1. The second-order valence-electron chi connectivity index (χ2n) is 7.63. The first-order chi connectivity index (χ1) is 14.2. The van der Waals surface area contributed by atoms with Gasteiger partial charge in [0.05, 0.1) is 10.6 Å². The summed E-state index contributed by atoms with van der Waals surface area (Å²) in [7, 11) is -3.61. The second kappa shape index (κ2) is 9.00. The summed E-state index contributed by atoms with van der Waals surface area (Å²) < 4.78 is 25.6. The standard InChI is InChI=1S/C23H28N2O4S/c1-4-17-7-6-8-19(14-17)24-22(26)11-12-30(28,29)20-9-10-21-18(15-20)13-16(3)25(21)23(27)5-2/h6-10,14-16H,4-5,11-13H2,1-3H3,(H,24,26). The third-order valence-electron chi connectivity index (χ3n) is 5.41. The first-order valence-electron chi connectivity index (χ1n) is 10.3. The molecule has 0 spiro atoms. The molecule has 0 saturated heterocycles. The zero-order chi connectivity index (χ0) is 21.9. The third-order valence-corrected chi connectivity index (χ3v) is 7.13. The van der Waals surface area contributed by atoms with Gasteiger partial charge in [0.2, 0.25) is 11.8 Å². The van der Waals surface area contributed by atoms with Crippen LogP contribution >= 0.6 is 0 Å². The fourth-order valence-corrected chi connectivity index (χ4v) is 5.08. The molecule has 0 aliphatic carbocycles. The van der Waals surface area contributed by atoms with Crippen LogP contribution in [-0.2, 0) is 32.3 Å². The van der Waals surface area contributed by atoms with E-state index in [9.17, 15) is 18.0 Å². The molecule has 0 radical (unpaired) electrons. The number of benzene rings is 2. The molecule has 2 aromatic rings. The van der Waals surface area contributed by atoms with Gasteiger partial charge in [-0.25, -0.2) is 8.42 Å². The Morgan fingerprint density at radius 3 is 2.60 bits per heavy atom. The van der Waals surface area contributed by atoms with Gasteiger partial charge < -0.3 is 10.2 Å². The Morgan fingerprint density at radius 1 is 1.13 bits per heavy atom. The van der Waals surface area contributed by atoms with Crippen LogP contribution in [0.25, 0.3) is 0 Å². The number of nitrogens with zero attached hydrogens (tertiary/aromatic N) is 1. The summed E-state index contributed by atoms with van der Waals surface area (Å²) in [5.74, 6) is -0.569. The predicted molar refractivity (Wildman–Crippen MR) is 119 cm³/mol. The monoisotopic (exact) mass is 428 g/mol. The van der Waals surface area contributed by atoms with E-state index in [0.717, 1.165) is 23.2 Å². The van der Waals surface area contributed by atoms with E-state index in [2.05, 4.69) is 5.32 Å². The van der Waals surface area contributed by atoms with Crippen molar-refractivity contribution < 1.29 is 18.0 Å². The normalized spacial score (nSPS) is 15.7. The Morgan fingerprint density at radius 2 is 1.90 bits per heavy atom. The molecule has 1 atom stereocenters.